The van der Waals surface area contributed by atoms with E-state index in [4.69, 9.17) is 0 Å². The van der Waals surface area contributed by atoms with Crippen LogP contribution in [0, 0.1) is 24.0 Å². The smallest absolute Gasteiger partial charge is 0.271 e. The van der Waals surface area contributed by atoms with E-state index in [9.17, 15) is 14.9 Å². The summed E-state index contributed by atoms with van der Waals surface area (Å²) in [7, 11) is 0. The fraction of sp³-hybridized carbons (Fsp3) is 0.174. The third-order valence-corrected chi connectivity index (χ3v) is 6.09. The van der Waals surface area contributed by atoms with Crippen LogP contribution < -0.4 is 10.6 Å². The van der Waals surface area contributed by atoms with Crippen LogP contribution in [-0.4, -0.2) is 27.3 Å². The minimum absolute atomic E-state index is 0.0614. The normalized spacial score (nSPS) is 10.8. The Labute approximate surface area is 188 Å². The first-order valence-corrected chi connectivity index (χ1v) is 10.8. The molecule has 32 heavy (non-hydrogen) atoms. The SMILES string of the molecule is Cc1ccc([N+](=O)[O-])cc1NC(=O)CCNc1ncnc2sc(C)c(-c3ccccc3)c12. The molecule has 0 bridgehead atoms. The van der Waals surface area contributed by atoms with Crippen molar-refractivity contribution in [3.63, 3.8) is 0 Å². The zero-order valence-corrected chi connectivity index (χ0v) is 18.4. The predicted octanol–water partition coefficient (Wildman–Crippen LogP) is 5.32. The van der Waals surface area contributed by atoms with Gasteiger partial charge in [-0.25, -0.2) is 9.97 Å². The number of aromatic nitrogens is 2. The fourth-order valence-corrected chi connectivity index (χ4v) is 4.51. The number of fused-ring (bicyclic) bond motifs is 1. The van der Waals surface area contributed by atoms with Crippen molar-refractivity contribution in [3.8, 4) is 11.1 Å². The molecule has 0 saturated heterocycles. The molecule has 162 valence electrons. The van der Waals surface area contributed by atoms with Gasteiger partial charge in [-0.15, -0.1) is 11.3 Å². The number of nitrogens with one attached hydrogen (secondary N) is 2. The van der Waals surface area contributed by atoms with Crippen LogP contribution in [0.25, 0.3) is 21.3 Å². The molecule has 0 radical (unpaired) electrons. The standard InChI is InChI=1S/C23H21N5O3S/c1-14-8-9-17(28(30)31)12-18(14)27-19(29)10-11-24-22-21-20(16-6-4-3-5-7-16)15(2)32-23(21)26-13-25-22/h3-9,12-13H,10-11H2,1-2H3,(H,27,29)(H,24,25,26). The van der Waals surface area contributed by atoms with Crippen LogP contribution in [0.4, 0.5) is 17.2 Å². The van der Waals surface area contributed by atoms with Gasteiger partial charge in [0.2, 0.25) is 5.91 Å². The number of thiophene rings is 1. The highest BCUT2D eigenvalue weighted by Gasteiger charge is 2.17. The molecule has 2 aromatic carbocycles. The van der Waals surface area contributed by atoms with Crippen LogP contribution in [0.5, 0.6) is 0 Å². The van der Waals surface area contributed by atoms with Crippen molar-refractivity contribution < 1.29 is 9.72 Å². The number of benzene rings is 2. The Kier molecular flexibility index (Phi) is 6.09. The molecule has 4 rings (SSSR count). The van der Waals surface area contributed by atoms with Crippen molar-refractivity contribution in [1.82, 2.24) is 9.97 Å². The lowest BCUT2D eigenvalue weighted by Crippen LogP contribution is -2.17. The van der Waals surface area contributed by atoms with E-state index in [-0.39, 0.29) is 18.0 Å². The van der Waals surface area contributed by atoms with E-state index < -0.39 is 4.92 Å². The summed E-state index contributed by atoms with van der Waals surface area (Å²) in [5.74, 6) is 0.439. The van der Waals surface area contributed by atoms with Crippen molar-refractivity contribution in [2.24, 2.45) is 0 Å². The van der Waals surface area contributed by atoms with Gasteiger partial charge in [-0.1, -0.05) is 36.4 Å². The van der Waals surface area contributed by atoms with Gasteiger partial charge < -0.3 is 10.6 Å². The lowest BCUT2D eigenvalue weighted by Gasteiger charge is -2.10. The Bertz CT molecular complexity index is 1300. The van der Waals surface area contributed by atoms with Gasteiger partial charge in [-0.2, -0.15) is 0 Å². The Balaban J connectivity index is 1.49. The number of amides is 1. The van der Waals surface area contributed by atoms with Gasteiger partial charge in [0.15, 0.2) is 0 Å². The second-order valence-corrected chi connectivity index (χ2v) is 8.49. The molecule has 1 amide bonds. The number of carbonyl (C=O) groups excluding carboxylic acids is 1. The number of nitro groups is 1. The van der Waals surface area contributed by atoms with Gasteiger partial charge in [0, 0.05) is 35.5 Å². The summed E-state index contributed by atoms with van der Waals surface area (Å²) < 4.78 is 0. The molecule has 0 aliphatic carbocycles. The largest absolute Gasteiger partial charge is 0.369 e. The number of nitrogens with zero attached hydrogens (tertiary/aromatic N) is 3. The summed E-state index contributed by atoms with van der Waals surface area (Å²) >= 11 is 1.61. The number of rotatable bonds is 7. The molecule has 0 aliphatic heterocycles. The number of nitro benzene ring substituents is 1. The molecule has 2 aromatic heterocycles. The second kappa shape index (κ2) is 9.11. The molecule has 2 N–H and O–H groups in total. The first-order chi connectivity index (χ1) is 15.4. The third-order valence-electron chi connectivity index (χ3n) is 5.08. The van der Waals surface area contributed by atoms with Crippen LogP contribution in [0.15, 0.2) is 54.9 Å². The highest BCUT2D eigenvalue weighted by Crippen LogP contribution is 2.40. The fourth-order valence-electron chi connectivity index (χ4n) is 3.50. The van der Waals surface area contributed by atoms with Crippen molar-refractivity contribution in [2.45, 2.75) is 20.3 Å². The minimum atomic E-state index is -0.482. The van der Waals surface area contributed by atoms with Gasteiger partial charge in [0.05, 0.1) is 16.0 Å². The second-order valence-electron chi connectivity index (χ2n) is 7.28. The summed E-state index contributed by atoms with van der Waals surface area (Å²) in [5.41, 5.74) is 3.32. The molecule has 2 heterocycles. The van der Waals surface area contributed by atoms with Gasteiger partial charge in [-0.05, 0) is 25.0 Å². The number of anilines is 2. The van der Waals surface area contributed by atoms with E-state index in [2.05, 4.69) is 39.7 Å². The summed E-state index contributed by atoms with van der Waals surface area (Å²) in [6.45, 7) is 4.21. The Morgan fingerprint density at radius 1 is 1.12 bits per heavy atom. The molecule has 0 spiro atoms. The first-order valence-electron chi connectivity index (χ1n) is 10.0. The van der Waals surface area contributed by atoms with Crippen LogP contribution in [0.1, 0.15) is 16.9 Å². The maximum atomic E-state index is 12.4. The number of carbonyl (C=O) groups is 1. The van der Waals surface area contributed by atoms with E-state index in [0.717, 1.165) is 31.8 Å². The summed E-state index contributed by atoms with van der Waals surface area (Å²) in [6.07, 6.45) is 1.69. The summed E-state index contributed by atoms with van der Waals surface area (Å²) in [6, 6.07) is 14.5. The van der Waals surface area contributed by atoms with Crippen LogP contribution in [0.2, 0.25) is 0 Å². The number of hydrogen-bond donors (Lipinski definition) is 2. The van der Waals surface area contributed by atoms with Crippen LogP contribution in [0.3, 0.4) is 0 Å². The minimum Gasteiger partial charge on any atom is -0.369 e. The average molecular weight is 448 g/mol. The van der Waals surface area contributed by atoms with E-state index >= 15 is 0 Å². The topological polar surface area (TPSA) is 110 Å². The van der Waals surface area contributed by atoms with E-state index in [0.29, 0.717) is 18.1 Å². The highest BCUT2D eigenvalue weighted by atomic mass is 32.1. The highest BCUT2D eigenvalue weighted by molar-refractivity contribution is 7.19. The van der Waals surface area contributed by atoms with E-state index in [1.165, 1.54) is 18.5 Å². The summed E-state index contributed by atoms with van der Waals surface area (Å²) in [5, 5.41) is 17.9. The van der Waals surface area contributed by atoms with Gasteiger partial charge in [0.25, 0.3) is 5.69 Å². The molecule has 0 saturated carbocycles. The molecule has 0 unspecified atom stereocenters. The van der Waals surface area contributed by atoms with Crippen molar-refractivity contribution in [1.29, 1.82) is 0 Å². The molecular weight excluding hydrogens is 426 g/mol. The number of hydrogen-bond acceptors (Lipinski definition) is 7. The Morgan fingerprint density at radius 2 is 1.91 bits per heavy atom. The molecular formula is C23H21N5O3S. The maximum Gasteiger partial charge on any atom is 0.271 e. The molecule has 4 aromatic rings. The van der Waals surface area contributed by atoms with E-state index in [1.807, 2.05) is 18.2 Å². The zero-order chi connectivity index (χ0) is 22.7. The molecule has 9 heteroatoms. The summed E-state index contributed by atoms with van der Waals surface area (Å²) in [4.78, 5) is 33.8. The predicted molar refractivity (Wildman–Crippen MR) is 127 cm³/mol. The van der Waals surface area contributed by atoms with Crippen molar-refractivity contribution in [3.05, 3.63) is 75.4 Å². The van der Waals surface area contributed by atoms with E-state index in [1.54, 1.807) is 24.3 Å². The van der Waals surface area contributed by atoms with Crippen molar-refractivity contribution in [2.75, 3.05) is 17.2 Å². The van der Waals surface area contributed by atoms with Crippen LogP contribution in [-0.2, 0) is 4.79 Å². The lowest BCUT2D eigenvalue weighted by atomic mass is 10.0. The third kappa shape index (κ3) is 4.42. The van der Waals surface area contributed by atoms with Crippen LogP contribution >= 0.6 is 11.3 Å². The molecule has 0 aliphatic rings. The van der Waals surface area contributed by atoms with Gasteiger partial charge in [-0.3, -0.25) is 14.9 Å². The van der Waals surface area contributed by atoms with Crippen molar-refractivity contribution >= 4 is 44.7 Å². The lowest BCUT2D eigenvalue weighted by molar-refractivity contribution is -0.384. The zero-order valence-electron chi connectivity index (χ0n) is 17.6. The Morgan fingerprint density at radius 3 is 2.66 bits per heavy atom. The molecule has 8 nitrogen and oxygen atoms in total. The monoisotopic (exact) mass is 447 g/mol. The first kappa shape index (κ1) is 21.4. The quantitative estimate of drug-likeness (QED) is 0.293. The van der Waals surface area contributed by atoms with Gasteiger partial charge in [0.1, 0.15) is 17.0 Å². The molecule has 0 fully saturated rings. The average Bonchev–Trinajstić information content (AvgIpc) is 3.12. The number of aryl methyl sites for hydroxylation is 2. The number of non-ortho nitro benzene ring substituents is 1. The Hall–Kier alpha value is -3.85. The molecule has 0 atom stereocenters. The maximum absolute atomic E-state index is 12.4. The van der Waals surface area contributed by atoms with Gasteiger partial charge >= 0.3 is 0 Å².